The average Bonchev–Trinajstić information content (AvgIpc) is 2.75. The Hall–Kier alpha value is -2.05. The van der Waals surface area contributed by atoms with Crippen LogP contribution in [-0.2, 0) is 11.4 Å². The van der Waals surface area contributed by atoms with Gasteiger partial charge in [-0.25, -0.2) is 0 Å². The molecule has 3 aromatic carbocycles. The van der Waals surface area contributed by atoms with Crippen molar-refractivity contribution in [3.05, 3.63) is 94.9 Å². The minimum atomic E-state index is -0.543. The van der Waals surface area contributed by atoms with Gasteiger partial charge in [0.2, 0.25) is 0 Å². The van der Waals surface area contributed by atoms with E-state index in [1.54, 1.807) is 30.3 Å². The van der Waals surface area contributed by atoms with Crippen molar-refractivity contribution in [1.82, 2.24) is 0 Å². The molecule has 1 N–H and O–H groups in total. The fourth-order valence-corrected chi connectivity index (χ4v) is 4.25. The standard InChI is InChI=1S/C24H16BrCl2IN2O2/c1-14-2-7-19(11-21(14)26)30-24(31)17(12-29)8-16-9-20(25)23(22(27)10-16)32-13-15-3-5-18(28)6-4-15/h2-11H,13H2,1H3,(H,30,31)/b17-8-. The predicted octanol–water partition coefficient (Wildman–Crippen LogP) is 7.79. The summed E-state index contributed by atoms with van der Waals surface area (Å²) in [5.41, 5.74) is 2.92. The molecule has 32 heavy (non-hydrogen) atoms. The fourth-order valence-electron chi connectivity index (χ4n) is 2.72. The maximum absolute atomic E-state index is 12.5. The average molecular weight is 642 g/mol. The summed E-state index contributed by atoms with van der Waals surface area (Å²) in [4.78, 5) is 12.5. The quantitative estimate of drug-likeness (QED) is 0.170. The number of aryl methyl sites for hydroxylation is 1. The van der Waals surface area contributed by atoms with Crippen molar-refractivity contribution in [3.8, 4) is 11.8 Å². The summed E-state index contributed by atoms with van der Waals surface area (Å²) in [6.45, 7) is 2.22. The normalized spacial score (nSPS) is 11.1. The summed E-state index contributed by atoms with van der Waals surface area (Å²) in [7, 11) is 0. The summed E-state index contributed by atoms with van der Waals surface area (Å²) in [6.07, 6.45) is 1.46. The number of rotatable bonds is 6. The lowest BCUT2D eigenvalue weighted by atomic mass is 10.1. The maximum atomic E-state index is 12.5. The van der Waals surface area contributed by atoms with Crippen LogP contribution in [0.15, 0.2) is 64.6 Å². The Kier molecular flexibility index (Phi) is 8.60. The second-order valence-electron chi connectivity index (χ2n) is 6.82. The van der Waals surface area contributed by atoms with Crippen molar-refractivity contribution in [3.63, 3.8) is 0 Å². The molecule has 8 heteroatoms. The highest BCUT2D eigenvalue weighted by Gasteiger charge is 2.13. The molecule has 162 valence electrons. The molecular formula is C24H16BrCl2IN2O2. The molecule has 0 aromatic heterocycles. The minimum absolute atomic E-state index is 0.0720. The number of hydrogen-bond acceptors (Lipinski definition) is 3. The third-order valence-electron chi connectivity index (χ3n) is 4.42. The van der Waals surface area contributed by atoms with Crippen molar-refractivity contribution in [1.29, 1.82) is 5.26 Å². The molecule has 1 amide bonds. The number of nitriles is 1. The number of anilines is 1. The van der Waals surface area contributed by atoms with Gasteiger partial charge < -0.3 is 10.1 Å². The van der Waals surface area contributed by atoms with Gasteiger partial charge in [0.05, 0.1) is 9.50 Å². The molecule has 0 atom stereocenters. The van der Waals surface area contributed by atoms with Crippen LogP contribution in [0.1, 0.15) is 16.7 Å². The highest BCUT2D eigenvalue weighted by Crippen LogP contribution is 2.36. The number of benzene rings is 3. The van der Waals surface area contributed by atoms with E-state index in [0.29, 0.717) is 38.1 Å². The predicted molar refractivity (Wildman–Crippen MR) is 141 cm³/mol. The number of nitrogens with zero attached hydrogens (tertiary/aromatic N) is 1. The highest BCUT2D eigenvalue weighted by molar-refractivity contribution is 14.1. The highest BCUT2D eigenvalue weighted by atomic mass is 127. The number of amides is 1. The van der Waals surface area contributed by atoms with Gasteiger partial charge in [0.15, 0.2) is 5.75 Å². The molecular weight excluding hydrogens is 626 g/mol. The lowest BCUT2D eigenvalue weighted by Gasteiger charge is -2.12. The molecule has 0 radical (unpaired) electrons. The van der Waals surface area contributed by atoms with Crippen LogP contribution < -0.4 is 10.1 Å². The van der Waals surface area contributed by atoms with Gasteiger partial charge in [0, 0.05) is 14.3 Å². The first-order valence-electron chi connectivity index (χ1n) is 9.32. The largest absolute Gasteiger partial charge is 0.486 e. The molecule has 3 aromatic rings. The topological polar surface area (TPSA) is 62.1 Å². The van der Waals surface area contributed by atoms with E-state index in [1.807, 2.05) is 37.3 Å². The molecule has 4 nitrogen and oxygen atoms in total. The SMILES string of the molecule is Cc1ccc(NC(=O)/C(C#N)=C\c2cc(Cl)c(OCc3ccc(I)cc3)c(Br)c2)cc1Cl. The third-order valence-corrected chi connectivity index (χ3v) is 6.42. The number of carbonyl (C=O) groups excluding carboxylic acids is 1. The Labute approximate surface area is 218 Å². The van der Waals surface area contributed by atoms with Crippen LogP contribution in [-0.4, -0.2) is 5.91 Å². The van der Waals surface area contributed by atoms with E-state index in [0.717, 1.165) is 14.7 Å². The minimum Gasteiger partial charge on any atom is -0.486 e. The van der Waals surface area contributed by atoms with Crippen LogP contribution in [0.2, 0.25) is 10.0 Å². The van der Waals surface area contributed by atoms with Gasteiger partial charge >= 0.3 is 0 Å². The summed E-state index contributed by atoms with van der Waals surface area (Å²) in [5.74, 6) is -0.0571. The van der Waals surface area contributed by atoms with E-state index in [4.69, 9.17) is 27.9 Å². The Morgan fingerprint density at radius 1 is 1.16 bits per heavy atom. The van der Waals surface area contributed by atoms with E-state index in [-0.39, 0.29) is 5.57 Å². The molecule has 0 saturated carbocycles. The van der Waals surface area contributed by atoms with Gasteiger partial charge in [-0.2, -0.15) is 5.26 Å². The Morgan fingerprint density at radius 3 is 2.50 bits per heavy atom. The Balaban J connectivity index is 1.77. The Bertz CT molecular complexity index is 1210. The van der Waals surface area contributed by atoms with E-state index in [2.05, 4.69) is 43.8 Å². The Morgan fingerprint density at radius 2 is 1.88 bits per heavy atom. The summed E-state index contributed by atoms with van der Waals surface area (Å²) >= 11 is 18.2. The van der Waals surface area contributed by atoms with Gasteiger partial charge in [-0.3, -0.25) is 4.79 Å². The van der Waals surface area contributed by atoms with Crippen LogP contribution in [0.4, 0.5) is 5.69 Å². The monoisotopic (exact) mass is 640 g/mol. The van der Waals surface area contributed by atoms with Gasteiger partial charge in [0.25, 0.3) is 5.91 Å². The van der Waals surface area contributed by atoms with Crippen molar-refractivity contribution in [2.75, 3.05) is 5.32 Å². The van der Waals surface area contributed by atoms with E-state index >= 15 is 0 Å². The fraction of sp³-hybridized carbons (Fsp3) is 0.0833. The van der Waals surface area contributed by atoms with Gasteiger partial charge in [-0.15, -0.1) is 0 Å². The molecule has 0 aliphatic heterocycles. The van der Waals surface area contributed by atoms with Gasteiger partial charge in [0.1, 0.15) is 18.2 Å². The molecule has 0 heterocycles. The molecule has 0 bridgehead atoms. The lowest BCUT2D eigenvalue weighted by Crippen LogP contribution is -2.13. The first-order chi connectivity index (χ1) is 15.3. The summed E-state index contributed by atoms with van der Waals surface area (Å²) in [5, 5.41) is 13.1. The van der Waals surface area contributed by atoms with Crippen LogP contribution in [0.3, 0.4) is 0 Å². The van der Waals surface area contributed by atoms with E-state index in [9.17, 15) is 10.1 Å². The number of halogens is 4. The van der Waals surface area contributed by atoms with Gasteiger partial charge in [-0.05, 0) is 105 Å². The van der Waals surface area contributed by atoms with E-state index < -0.39 is 5.91 Å². The third kappa shape index (κ3) is 6.48. The number of carbonyl (C=O) groups is 1. The first-order valence-corrected chi connectivity index (χ1v) is 11.9. The van der Waals surface area contributed by atoms with Crippen LogP contribution in [0.5, 0.6) is 5.75 Å². The zero-order valence-corrected chi connectivity index (χ0v) is 22.0. The maximum Gasteiger partial charge on any atom is 0.266 e. The van der Waals surface area contributed by atoms with Crippen molar-refractivity contribution in [2.45, 2.75) is 13.5 Å². The van der Waals surface area contributed by atoms with Gasteiger partial charge in [-0.1, -0.05) is 41.4 Å². The van der Waals surface area contributed by atoms with Crippen LogP contribution in [0, 0.1) is 21.8 Å². The number of nitrogens with one attached hydrogen (secondary N) is 1. The number of ether oxygens (including phenoxy) is 1. The summed E-state index contributed by atoms with van der Waals surface area (Å²) in [6, 6.07) is 18.4. The van der Waals surface area contributed by atoms with E-state index in [1.165, 1.54) is 6.08 Å². The molecule has 3 rings (SSSR count). The second kappa shape index (κ2) is 11.2. The smallest absolute Gasteiger partial charge is 0.266 e. The second-order valence-corrected chi connectivity index (χ2v) is 9.73. The van der Waals surface area contributed by atoms with Crippen molar-refractivity contribution in [2.24, 2.45) is 0 Å². The molecule has 0 saturated heterocycles. The van der Waals surface area contributed by atoms with Crippen molar-refractivity contribution < 1.29 is 9.53 Å². The molecule has 0 unspecified atom stereocenters. The molecule has 0 fully saturated rings. The van der Waals surface area contributed by atoms with Crippen molar-refractivity contribution >= 4 is 79.4 Å². The summed E-state index contributed by atoms with van der Waals surface area (Å²) < 4.78 is 7.63. The lowest BCUT2D eigenvalue weighted by molar-refractivity contribution is -0.112. The zero-order chi connectivity index (χ0) is 23.3. The zero-order valence-electron chi connectivity index (χ0n) is 16.8. The number of hydrogen-bond donors (Lipinski definition) is 1. The van der Waals surface area contributed by atoms with Crippen LogP contribution >= 0.6 is 61.7 Å². The molecule has 0 aliphatic carbocycles. The molecule has 0 spiro atoms. The first kappa shape index (κ1) is 24.6. The van der Waals surface area contributed by atoms with Crippen LogP contribution in [0.25, 0.3) is 6.08 Å². The molecule has 0 aliphatic rings.